The second-order valence-electron chi connectivity index (χ2n) is 7.57. The van der Waals surface area contributed by atoms with Crippen molar-refractivity contribution in [2.75, 3.05) is 25.2 Å². The van der Waals surface area contributed by atoms with Crippen LogP contribution in [0.5, 0.6) is 5.75 Å². The second kappa shape index (κ2) is 10.3. The Morgan fingerprint density at radius 1 is 1.12 bits per heavy atom. The van der Waals surface area contributed by atoms with E-state index >= 15 is 0 Å². The third-order valence-corrected chi connectivity index (χ3v) is 5.53. The number of aliphatic hydroxyl groups excluding tert-OH is 1. The Morgan fingerprint density at radius 3 is 2.62 bits per heavy atom. The number of carbonyl (C=O) groups excluding carboxylic acids is 1. The minimum Gasteiger partial charge on any atom is -0.491 e. The van der Waals surface area contributed by atoms with Gasteiger partial charge < -0.3 is 14.7 Å². The molecule has 1 N–H and O–H groups in total. The average Bonchev–Trinajstić information content (AvgIpc) is 2.79. The van der Waals surface area contributed by atoms with Crippen LogP contribution in [0.25, 0.3) is 11.1 Å². The van der Waals surface area contributed by atoms with Gasteiger partial charge in [-0.1, -0.05) is 35.9 Å². The first kappa shape index (κ1) is 23.3. The van der Waals surface area contributed by atoms with E-state index in [9.17, 15) is 10.1 Å². The zero-order chi connectivity index (χ0) is 23.3. The normalized spacial score (nSPS) is 10.5. The van der Waals surface area contributed by atoms with Crippen molar-refractivity contribution in [2.24, 2.45) is 0 Å². The molecular formula is C26H25ClN2O3. The number of aliphatic hydroxyl groups is 1. The Hall–Kier alpha value is -3.33. The molecule has 3 aromatic carbocycles. The van der Waals surface area contributed by atoms with Crippen LogP contribution in [0.15, 0.2) is 54.6 Å². The molecule has 0 aliphatic rings. The number of aryl methyl sites for hydroxylation is 2. The number of rotatable bonds is 7. The fourth-order valence-corrected chi connectivity index (χ4v) is 3.79. The van der Waals surface area contributed by atoms with Crippen molar-refractivity contribution in [3.8, 4) is 22.9 Å². The van der Waals surface area contributed by atoms with Crippen LogP contribution in [0.3, 0.4) is 0 Å². The van der Waals surface area contributed by atoms with Gasteiger partial charge in [-0.05, 0) is 55.3 Å². The van der Waals surface area contributed by atoms with Crippen LogP contribution in [0, 0.1) is 25.2 Å². The standard InChI is InChI=1S/C26H25ClN2O3/c1-17-8-10-21(20(14-17)16-28)22-15-19(9-11-23(22)27)26(31)29(3)25-18(2)6-4-7-24(25)32-13-5-12-30/h4,6-11,14-15,30H,5,12-13H2,1-3H3. The largest absolute Gasteiger partial charge is 0.491 e. The lowest BCUT2D eigenvalue weighted by atomic mass is 9.96. The summed E-state index contributed by atoms with van der Waals surface area (Å²) in [4.78, 5) is 15.0. The van der Waals surface area contributed by atoms with Gasteiger partial charge in [-0.3, -0.25) is 4.79 Å². The molecule has 0 aliphatic carbocycles. The van der Waals surface area contributed by atoms with Gasteiger partial charge in [0.1, 0.15) is 5.75 Å². The first-order valence-electron chi connectivity index (χ1n) is 10.3. The first-order chi connectivity index (χ1) is 15.4. The van der Waals surface area contributed by atoms with Crippen molar-refractivity contribution in [1.29, 1.82) is 5.26 Å². The number of nitrogens with zero attached hydrogens (tertiary/aromatic N) is 2. The van der Waals surface area contributed by atoms with Gasteiger partial charge in [0.05, 0.1) is 23.9 Å². The Balaban J connectivity index is 2.00. The fourth-order valence-electron chi connectivity index (χ4n) is 3.57. The molecule has 0 bridgehead atoms. The van der Waals surface area contributed by atoms with Gasteiger partial charge in [0, 0.05) is 41.8 Å². The molecule has 0 fully saturated rings. The van der Waals surface area contributed by atoms with Crippen LogP contribution in [-0.2, 0) is 0 Å². The van der Waals surface area contributed by atoms with Gasteiger partial charge in [0.2, 0.25) is 0 Å². The summed E-state index contributed by atoms with van der Waals surface area (Å²) in [6.07, 6.45) is 0.503. The summed E-state index contributed by atoms with van der Waals surface area (Å²) < 4.78 is 5.81. The van der Waals surface area contributed by atoms with E-state index in [1.165, 1.54) is 0 Å². The number of carbonyl (C=O) groups is 1. The molecule has 0 saturated heterocycles. The molecule has 3 rings (SSSR count). The van der Waals surface area contributed by atoms with Gasteiger partial charge in [-0.2, -0.15) is 5.26 Å². The van der Waals surface area contributed by atoms with E-state index in [-0.39, 0.29) is 12.5 Å². The number of benzene rings is 3. The topological polar surface area (TPSA) is 73.6 Å². The predicted molar refractivity (Wildman–Crippen MR) is 127 cm³/mol. The van der Waals surface area contributed by atoms with Crippen molar-refractivity contribution in [3.05, 3.63) is 81.9 Å². The molecule has 0 aromatic heterocycles. The van der Waals surface area contributed by atoms with E-state index in [0.717, 1.165) is 11.1 Å². The van der Waals surface area contributed by atoms with E-state index in [1.807, 2.05) is 44.2 Å². The van der Waals surface area contributed by atoms with E-state index in [4.69, 9.17) is 21.4 Å². The second-order valence-corrected chi connectivity index (χ2v) is 7.97. The monoisotopic (exact) mass is 448 g/mol. The average molecular weight is 449 g/mol. The maximum atomic E-state index is 13.4. The van der Waals surface area contributed by atoms with Crippen molar-refractivity contribution >= 4 is 23.2 Å². The molecule has 0 heterocycles. The van der Waals surface area contributed by atoms with Crippen LogP contribution in [0.4, 0.5) is 5.69 Å². The highest BCUT2D eigenvalue weighted by molar-refractivity contribution is 6.33. The van der Waals surface area contributed by atoms with E-state index in [0.29, 0.717) is 51.7 Å². The minimum absolute atomic E-state index is 0.0349. The fraction of sp³-hybridized carbons (Fsp3) is 0.231. The lowest BCUT2D eigenvalue weighted by Crippen LogP contribution is -2.27. The quantitative estimate of drug-likeness (QED) is 0.482. The number of hydrogen-bond acceptors (Lipinski definition) is 4. The van der Waals surface area contributed by atoms with Crippen LogP contribution in [0.1, 0.15) is 33.5 Å². The van der Waals surface area contributed by atoms with Crippen LogP contribution in [-0.4, -0.2) is 31.3 Å². The van der Waals surface area contributed by atoms with Crippen LogP contribution in [0.2, 0.25) is 5.02 Å². The number of ether oxygens (including phenoxy) is 1. The van der Waals surface area contributed by atoms with Crippen LogP contribution < -0.4 is 9.64 Å². The molecule has 0 aliphatic heterocycles. The molecule has 0 radical (unpaired) electrons. The number of hydrogen-bond donors (Lipinski definition) is 1. The number of para-hydroxylation sites is 1. The van der Waals surface area contributed by atoms with Crippen molar-refractivity contribution in [1.82, 2.24) is 0 Å². The molecule has 1 amide bonds. The summed E-state index contributed by atoms with van der Waals surface area (Å²) in [6.45, 7) is 4.22. The summed E-state index contributed by atoms with van der Waals surface area (Å²) in [5.74, 6) is 0.351. The molecule has 0 saturated carbocycles. The van der Waals surface area contributed by atoms with Gasteiger partial charge in [-0.25, -0.2) is 0 Å². The highest BCUT2D eigenvalue weighted by atomic mass is 35.5. The smallest absolute Gasteiger partial charge is 0.258 e. The number of anilines is 1. The molecule has 6 heteroatoms. The Kier molecular flexibility index (Phi) is 7.53. The Bertz CT molecular complexity index is 1180. The molecule has 5 nitrogen and oxygen atoms in total. The number of nitriles is 1. The lowest BCUT2D eigenvalue weighted by Gasteiger charge is -2.23. The number of amides is 1. The Morgan fingerprint density at radius 2 is 1.91 bits per heavy atom. The van der Waals surface area contributed by atoms with Gasteiger partial charge in [-0.15, -0.1) is 0 Å². The molecule has 3 aromatic rings. The SMILES string of the molecule is Cc1ccc(-c2cc(C(=O)N(C)c3c(C)cccc3OCCCO)ccc2Cl)c(C#N)c1. The number of halogens is 1. The maximum absolute atomic E-state index is 13.4. The molecule has 32 heavy (non-hydrogen) atoms. The molecule has 0 unspecified atom stereocenters. The molecular weight excluding hydrogens is 424 g/mol. The molecule has 0 atom stereocenters. The maximum Gasteiger partial charge on any atom is 0.258 e. The zero-order valence-corrected chi connectivity index (χ0v) is 19.1. The lowest BCUT2D eigenvalue weighted by molar-refractivity contribution is 0.0992. The zero-order valence-electron chi connectivity index (χ0n) is 18.4. The summed E-state index contributed by atoms with van der Waals surface area (Å²) in [6, 6.07) is 18.4. The first-order valence-corrected chi connectivity index (χ1v) is 10.7. The highest BCUT2D eigenvalue weighted by Crippen LogP contribution is 2.35. The van der Waals surface area contributed by atoms with Crippen molar-refractivity contribution in [2.45, 2.75) is 20.3 Å². The highest BCUT2D eigenvalue weighted by Gasteiger charge is 2.21. The van der Waals surface area contributed by atoms with Gasteiger partial charge in [0.15, 0.2) is 0 Å². The van der Waals surface area contributed by atoms with E-state index < -0.39 is 0 Å². The van der Waals surface area contributed by atoms with Gasteiger partial charge in [0.25, 0.3) is 5.91 Å². The summed E-state index contributed by atoms with van der Waals surface area (Å²) in [7, 11) is 1.70. The Labute approximate surface area is 193 Å². The van der Waals surface area contributed by atoms with Crippen molar-refractivity contribution < 1.29 is 14.6 Å². The summed E-state index contributed by atoms with van der Waals surface area (Å²) in [5.41, 5.74) is 4.80. The minimum atomic E-state index is -0.227. The summed E-state index contributed by atoms with van der Waals surface area (Å²) in [5, 5.41) is 19.1. The third kappa shape index (κ3) is 4.94. The van der Waals surface area contributed by atoms with Gasteiger partial charge >= 0.3 is 0 Å². The van der Waals surface area contributed by atoms with E-state index in [1.54, 1.807) is 36.2 Å². The molecule has 164 valence electrons. The van der Waals surface area contributed by atoms with E-state index in [2.05, 4.69) is 6.07 Å². The third-order valence-electron chi connectivity index (χ3n) is 5.20. The van der Waals surface area contributed by atoms with Crippen LogP contribution >= 0.6 is 11.6 Å². The summed E-state index contributed by atoms with van der Waals surface area (Å²) >= 11 is 6.45. The predicted octanol–water partition coefficient (Wildman–Crippen LogP) is 5.53. The molecule has 0 spiro atoms. The van der Waals surface area contributed by atoms with Crippen molar-refractivity contribution in [3.63, 3.8) is 0 Å².